The normalized spacial score (nSPS) is 21.3. The number of amides is 1. The van der Waals surface area contributed by atoms with Crippen molar-refractivity contribution in [3.63, 3.8) is 0 Å². The number of nitrogens with zero attached hydrogens (tertiary/aromatic N) is 1. The second-order valence-electron chi connectivity index (χ2n) is 4.04. The number of rotatable bonds is 3. The topological polar surface area (TPSA) is 87.1 Å². The minimum Gasteiger partial charge on any atom is -0.479 e. The maximum atomic E-state index is 12.1. The molecule has 2 N–H and O–H groups in total. The summed E-state index contributed by atoms with van der Waals surface area (Å²) >= 11 is 2.15. The summed E-state index contributed by atoms with van der Waals surface area (Å²) in [5, 5.41) is 18.2. The Morgan fingerprint density at radius 2 is 2.05 bits per heavy atom. The first kappa shape index (κ1) is 14.2. The third-order valence-corrected chi connectivity index (χ3v) is 3.52. The first-order valence-electron chi connectivity index (χ1n) is 5.60. The average Bonchev–Trinajstić information content (AvgIpc) is 2.39. The van der Waals surface area contributed by atoms with E-state index in [4.69, 9.17) is 9.84 Å². The van der Waals surface area contributed by atoms with Crippen molar-refractivity contribution in [1.29, 1.82) is 0 Å². The van der Waals surface area contributed by atoms with E-state index in [0.717, 1.165) is 3.57 Å². The molecule has 0 saturated carbocycles. The molecule has 0 radical (unpaired) electrons. The van der Waals surface area contributed by atoms with Gasteiger partial charge in [0.25, 0.3) is 5.91 Å². The lowest BCUT2D eigenvalue weighted by molar-refractivity contribution is -0.163. The number of aliphatic hydroxyl groups is 1. The predicted octanol–water partition coefficient (Wildman–Crippen LogP) is 0.468. The molecule has 1 saturated heterocycles. The maximum absolute atomic E-state index is 12.1. The third-order valence-electron chi connectivity index (χ3n) is 2.80. The molecule has 0 unspecified atom stereocenters. The van der Waals surface area contributed by atoms with Gasteiger partial charge in [0, 0.05) is 15.8 Å². The summed E-state index contributed by atoms with van der Waals surface area (Å²) in [6.07, 6.45) is -3.20. The lowest BCUT2D eigenvalue weighted by Crippen LogP contribution is -2.54. The molecule has 2 rings (SSSR count). The van der Waals surface area contributed by atoms with Crippen molar-refractivity contribution in [3.05, 3.63) is 27.8 Å². The van der Waals surface area contributed by atoms with Gasteiger partial charge in [0.2, 0.25) is 0 Å². The van der Waals surface area contributed by atoms with Crippen molar-refractivity contribution in [2.45, 2.75) is 12.2 Å². The van der Waals surface area contributed by atoms with Crippen molar-refractivity contribution < 1.29 is 24.5 Å². The fourth-order valence-corrected chi connectivity index (χ4v) is 2.20. The first-order chi connectivity index (χ1) is 9.00. The monoisotopic (exact) mass is 377 g/mol. The van der Waals surface area contributed by atoms with Gasteiger partial charge in [0.15, 0.2) is 12.2 Å². The van der Waals surface area contributed by atoms with Crippen LogP contribution in [0.1, 0.15) is 0 Å². The number of hydrogen-bond donors (Lipinski definition) is 2. The van der Waals surface area contributed by atoms with E-state index in [9.17, 15) is 14.7 Å². The van der Waals surface area contributed by atoms with Crippen molar-refractivity contribution >= 4 is 40.2 Å². The largest absolute Gasteiger partial charge is 0.479 e. The van der Waals surface area contributed by atoms with E-state index in [2.05, 4.69) is 22.6 Å². The molecular formula is C12H12INO5. The zero-order valence-corrected chi connectivity index (χ0v) is 12.0. The molecule has 1 amide bonds. The van der Waals surface area contributed by atoms with Crippen LogP contribution in [-0.2, 0) is 14.3 Å². The number of carbonyl (C=O) groups excluding carboxylic acids is 1. The summed E-state index contributed by atoms with van der Waals surface area (Å²) in [5.74, 6) is -2.01. The molecule has 6 nitrogen and oxygen atoms in total. The van der Waals surface area contributed by atoms with Crippen molar-refractivity contribution in [3.8, 4) is 0 Å². The van der Waals surface area contributed by atoms with E-state index >= 15 is 0 Å². The van der Waals surface area contributed by atoms with E-state index in [1.807, 2.05) is 12.1 Å². The zero-order valence-electron chi connectivity index (χ0n) is 9.82. The molecule has 19 heavy (non-hydrogen) atoms. The number of aliphatic carboxylic acids is 1. The summed E-state index contributed by atoms with van der Waals surface area (Å²) < 4.78 is 6.10. The molecule has 1 aliphatic heterocycles. The molecule has 0 spiro atoms. The molecule has 1 aliphatic rings. The van der Waals surface area contributed by atoms with Gasteiger partial charge in [0.05, 0.1) is 6.61 Å². The van der Waals surface area contributed by atoms with Gasteiger partial charge in [0.1, 0.15) is 0 Å². The highest BCUT2D eigenvalue weighted by atomic mass is 127. The Hall–Kier alpha value is -1.19. The van der Waals surface area contributed by atoms with Crippen LogP contribution in [0.5, 0.6) is 0 Å². The van der Waals surface area contributed by atoms with E-state index in [1.54, 1.807) is 12.1 Å². The smallest absolute Gasteiger partial charge is 0.335 e. The zero-order chi connectivity index (χ0) is 14.0. The number of carboxylic acids is 1. The third kappa shape index (κ3) is 3.04. The van der Waals surface area contributed by atoms with Crippen molar-refractivity contribution in [2.24, 2.45) is 0 Å². The van der Waals surface area contributed by atoms with E-state index < -0.39 is 24.1 Å². The number of carboxylic acid groups (broad SMARTS) is 1. The summed E-state index contributed by atoms with van der Waals surface area (Å²) in [7, 11) is 0. The molecule has 1 fully saturated rings. The number of halogens is 1. The van der Waals surface area contributed by atoms with Gasteiger partial charge >= 0.3 is 5.97 Å². The van der Waals surface area contributed by atoms with Crippen LogP contribution in [0, 0.1) is 3.57 Å². The second-order valence-corrected chi connectivity index (χ2v) is 5.29. The summed E-state index contributed by atoms with van der Waals surface area (Å²) in [6.45, 7) is 0.523. The first-order valence-corrected chi connectivity index (χ1v) is 6.68. The second kappa shape index (κ2) is 5.85. The highest BCUT2D eigenvalue weighted by Gasteiger charge is 2.39. The number of anilines is 1. The Balaban J connectivity index is 2.20. The lowest BCUT2D eigenvalue weighted by Gasteiger charge is -2.33. The average molecular weight is 377 g/mol. The van der Waals surface area contributed by atoms with Crippen LogP contribution in [-0.4, -0.2) is 47.4 Å². The molecular weight excluding hydrogens is 365 g/mol. The Labute approximate surface area is 123 Å². The van der Waals surface area contributed by atoms with E-state index in [0.29, 0.717) is 12.2 Å². The summed E-state index contributed by atoms with van der Waals surface area (Å²) in [6, 6.07) is 7.24. The number of ether oxygens (including phenoxy) is 1. The minimum atomic E-state index is -1.85. The summed E-state index contributed by atoms with van der Waals surface area (Å²) in [4.78, 5) is 24.3. The van der Waals surface area contributed by atoms with Gasteiger partial charge in [-0.25, -0.2) is 4.79 Å². The molecule has 1 heterocycles. The Morgan fingerprint density at radius 1 is 1.42 bits per heavy atom. The van der Waals surface area contributed by atoms with Gasteiger partial charge in [-0.3, -0.25) is 4.79 Å². The molecule has 2 atom stereocenters. The Kier molecular flexibility index (Phi) is 4.38. The number of aliphatic hydroxyl groups excluding tert-OH is 1. The van der Waals surface area contributed by atoms with Gasteiger partial charge in [-0.15, -0.1) is 0 Å². The molecule has 102 valence electrons. The standard InChI is InChI=1S/C12H12INO5/c13-7-1-3-8(4-2-7)14-5-6-19-10(11(14)16)9(15)12(17)18/h1-4,9-10,15H,5-6H2,(H,17,18)/t9-,10-/m1/s1. The number of benzene rings is 1. The fraction of sp³-hybridized carbons (Fsp3) is 0.333. The van der Waals surface area contributed by atoms with Crippen molar-refractivity contribution in [1.82, 2.24) is 0 Å². The Morgan fingerprint density at radius 3 is 2.63 bits per heavy atom. The van der Waals surface area contributed by atoms with E-state index in [1.165, 1.54) is 4.90 Å². The van der Waals surface area contributed by atoms with Crippen LogP contribution in [0.2, 0.25) is 0 Å². The van der Waals surface area contributed by atoms with Crippen LogP contribution < -0.4 is 4.90 Å². The number of morpholine rings is 1. The number of carbonyl (C=O) groups is 2. The lowest BCUT2D eigenvalue weighted by atomic mass is 10.1. The SMILES string of the molecule is O=C(O)[C@H](O)[C@H]1OCCN(c2ccc(I)cc2)C1=O. The van der Waals surface area contributed by atoms with Gasteiger partial charge < -0.3 is 19.8 Å². The Bertz CT molecular complexity index is 489. The highest BCUT2D eigenvalue weighted by molar-refractivity contribution is 14.1. The quantitative estimate of drug-likeness (QED) is 0.748. The van der Waals surface area contributed by atoms with Crippen LogP contribution >= 0.6 is 22.6 Å². The minimum absolute atomic E-state index is 0.187. The van der Waals surface area contributed by atoms with E-state index in [-0.39, 0.29) is 6.61 Å². The molecule has 0 aliphatic carbocycles. The van der Waals surface area contributed by atoms with Gasteiger partial charge in [-0.1, -0.05) is 0 Å². The maximum Gasteiger partial charge on any atom is 0.335 e. The van der Waals surface area contributed by atoms with Crippen LogP contribution in [0.3, 0.4) is 0 Å². The molecule has 1 aromatic rings. The van der Waals surface area contributed by atoms with Gasteiger partial charge in [-0.05, 0) is 46.9 Å². The highest BCUT2D eigenvalue weighted by Crippen LogP contribution is 2.21. The molecule has 1 aromatic carbocycles. The summed E-state index contributed by atoms with van der Waals surface area (Å²) in [5.41, 5.74) is 0.663. The molecule has 0 aromatic heterocycles. The van der Waals surface area contributed by atoms with Crippen LogP contribution in [0.15, 0.2) is 24.3 Å². The number of hydrogen-bond acceptors (Lipinski definition) is 4. The molecule has 0 bridgehead atoms. The van der Waals surface area contributed by atoms with Gasteiger partial charge in [-0.2, -0.15) is 0 Å². The molecule has 7 heteroatoms. The van der Waals surface area contributed by atoms with Crippen LogP contribution in [0.25, 0.3) is 0 Å². The fourth-order valence-electron chi connectivity index (χ4n) is 1.84. The predicted molar refractivity (Wildman–Crippen MR) is 74.9 cm³/mol. The van der Waals surface area contributed by atoms with Crippen LogP contribution in [0.4, 0.5) is 5.69 Å². The van der Waals surface area contributed by atoms with Crippen molar-refractivity contribution in [2.75, 3.05) is 18.1 Å².